The second-order valence-electron chi connectivity index (χ2n) is 6.06. The minimum absolute atomic E-state index is 0.00778. The predicted molar refractivity (Wildman–Crippen MR) is 80.9 cm³/mol. The van der Waals surface area contributed by atoms with E-state index in [-0.39, 0.29) is 37.3 Å². The maximum atomic E-state index is 11.9. The third-order valence-electron chi connectivity index (χ3n) is 2.94. The van der Waals surface area contributed by atoms with Gasteiger partial charge >= 0.3 is 0 Å². The van der Waals surface area contributed by atoms with E-state index in [9.17, 15) is 14.4 Å². The van der Waals surface area contributed by atoms with E-state index >= 15 is 0 Å². The molecule has 0 aliphatic carbocycles. The first-order valence-corrected chi connectivity index (χ1v) is 7.28. The summed E-state index contributed by atoms with van der Waals surface area (Å²) in [5.41, 5.74) is -0.390. The highest BCUT2D eigenvalue weighted by Crippen LogP contribution is 2.09. The Morgan fingerprint density at radius 3 is 2.48 bits per heavy atom. The SMILES string of the molecule is CC(C)OCCC(C)(C)NC(=O)CN(C)C(=O)CCC=O. The van der Waals surface area contributed by atoms with Crippen LogP contribution in [-0.2, 0) is 19.1 Å². The Bertz CT molecular complexity index is 354. The lowest BCUT2D eigenvalue weighted by Gasteiger charge is -2.28. The number of hydrogen-bond donors (Lipinski definition) is 1. The Morgan fingerprint density at radius 2 is 1.95 bits per heavy atom. The molecule has 0 atom stereocenters. The Kier molecular flexibility index (Phi) is 8.85. The van der Waals surface area contributed by atoms with E-state index in [1.807, 2.05) is 27.7 Å². The molecule has 0 unspecified atom stereocenters. The number of hydrogen-bond acceptors (Lipinski definition) is 4. The Morgan fingerprint density at radius 1 is 1.33 bits per heavy atom. The first kappa shape index (κ1) is 19.6. The Labute approximate surface area is 127 Å². The van der Waals surface area contributed by atoms with Gasteiger partial charge in [-0.05, 0) is 34.1 Å². The maximum Gasteiger partial charge on any atom is 0.240 e. The number of aldehydes is 1. The average molecular weight is 300 g/mol. The fraction of sp³-hybridized carbons (Fsp3) is 0.800. The number of amides is 2. The summed E-state index contributed by atoms with van der Waals surface area (Å²) in [7, 11) is 1.56. The molecule has 2 amide bonds. The number of carbonyl (C=O) groups excluding carboxylic acids is 3. The van der Waals surface area contributed by atoms with Crippen molar-refractivity contribution in [1.29, 1.82) is 0 Å². The molecule has 0 spiro atoms. The third kappa shape index (κ3) is 10.0. The van der Waals surface area contributed by atoms with E-state index in [1.165, 1.54) is 4.90 Å². The molecule has 6 nitrogen and oxygen atoms in total. The van der Waals surface area contributed by atoms with Crippen LogP contribution < -0.4 is 5.32 Å². The van der Waals surface area contributed by atoms with Crippen LogP contribution in [0.2, 0.25) is 0 Å². The standard InChI is InChI=1S/C15H28N2O4/c1-12(2)21-10-8-15(3,4)16-13(19)11-17(5)14(20)7-6-9-18/h9,12H,6-8,10-11H2,1-5H3,(H,16,19). The van der Waals surface area contributed by atoms with Crippen LogP contribution >= 0.6 is 0 Å². The number of nitrogens with zero attached hydrogens (tertiary/aromatic N) is 1. The van der Waals surface area contributed by atoms with Gasteiger partial charge in [-0.25, -0.2) is 0 Å². The van der Waals surface area contributed by atoms with Crippen molar-refractivity contribution < 1.29 is 19.1 Å². The van der Waals surface area contributed by atoms with Crippen molar-refractivity contribution in [1.82, 2.24) is 10.2 Å². The Balaban J connectivity index is 4.15. The number of ether oxygens (including phenoxy) is 1. The largest absolute Gasteiger partial charge is 0.379 e. The summed E-state index contributed by atoms with van der Waals surface area (Å²) in [5.74, 6) is -0.426. The molecule has 0 rings (SSSR count). The van der Waals surface area contributed by atoms with E-state index in [4.69, 9.17) is 4.74 Å². The van der Waals surface area contributed by atoms with Gasteiger partial charge in [-0.3, -0.25) is 9.59 Å². The molecular weight excluding hydrogens is 272 g/mol. The Hall–Kier alpha value is -1.43. The topological polar surface area (TPSA) is 75.7 Å². The van der Waals surface area contributed by atoms with Crippen LogP contribution in [0.25, 0.3) is 0 Å². The molecule has 0 heterocycles. The van der Waals surface area contributed by atoms with Crippen molar-refractivity contribution in [3.05, 3.63) is 0 Å². The lowest BCUT2D eigenvalue weighted by Crippen LogP contribution is -2.48. The van der Waals surface area contributed by atoms with Gasteiger partial charge in [0.2, 0.25) is 11.8 Å². The van der Waals surface area contributed by atoms with Crippen LogP contribution in [0.5, 0.6) is 0 Å². The summed E-state index contributed by atoms with van der Waals surface area (Å²) >= 11 is 0. The molecule has 122 valence electrons. The quantitative estimate of drug-likeness (QED) is 0.614. The van der Waals surface area contributed by atoms with Crippen LogP contribution in [0, 0.1) is 0 Å². The normalized spacial score (nSPS) is 11.3. The minimum Gasteiger partial charge on any atom is -0.379 e. The van der Waals surface area contributed by atoms with Gasteiger partial charge in [0.1, 0.15) is 6.29 Å². The second kappa shape index (κ2) is 9.50. The number of rotatable bonds is 10. The van der Waals surface area contributed by atoms with Gasteiger partial charge in [0.25, 0.3) is 0 Å². The van der Waals surface area contributed by atoms with Crippen LogP contribution in [0.1, 0.15) is 47.0 Å². The summed E-state index contributed by atoms with van der Waals surface area (Å²) in [6.07, 6.45) is 1.88. The van der Waals surface area contributed by atoms with E-state index < -0.39 is 5.54 Å². The monoisotopic (exact) mass is 300 g/mol. The van der Waals surface area contributed by atoms with Crippen molar-refractivity contribution in [2.24, 2.45) is 0 Å². The molecule has 21 heavy (non-hydrogen) atoms. The summed E-state index contributed by atoms with van der Waals surface area (Å²) in [6.45, 7) is 8.33. The zero-order chi connectivity index (χ0) is 16.5. The van der Waals surface area contributed by atoms with Crippen molar-refractivity contribution >= 4 is 18.1 Å². The third-order valence-corrected chi connectivity index (χ3v) is 2.94. The fourth-order valence-corrected chi connectivity index (χ4v) is 1.71. The highest BCUT2D eigenvalue weighted by atomic mass is 16.5. The van der Waals surface area contributed by atoms with E-state index in [0.29, 0.717) is 19.3 Å². The van der Waals surface area contributed by atoms with Gasteiger partial charge in [0, 0.05) is 32.0 Å². The summed E-state index contributed by atoms with van der Waals surface area (Å²) in [5, 5.41) is 2.89. The molecular formula is C15H28N2O4. The molecule has 0 saturated carbocycles. The molecule has 0 bridgehead atoms. The van der Waals surface area contributed by atoms with Crippen LogP contribution in [0.4, 0.5) is 0 Å². The van der Waals surface area contributed by atoms with Gasteiger partial charge in [0.05, 0.1) is 12.6 Å². The highest BCUT2D eigenvalue weighted by Gasteiger charge is 2.22. The minimum atomic E-state index is -0.390. The molecule has 1 N–H and O–H groups in total. The zero-order valence-electron chi connectivity index (χ0n) is 13.8. The molecule has 0 aromatic heterocycles. The van der Waals surface area contributed by atoms with Crippen molar-refractivity contribution in [2.75, 3.05) is 20.2 Å². The summed E-state index contributed by atoms with van der Waals surface area (Å²) in [6, 6.07) is 0. The molecule has 0 aliphatic heterocycles. The van der Waals surface area contributed by atoms with Crippen LogP contribution in [0.15, 0.2) is 0 Å². The molecule has 0 radical (unpaired) electrons. The van der Waals surface area contributed by atoms with Crippen LogP contribution in [-0.4, -0.2) is 54.8 Å². The van der Waals surface area contributed by atoms with Crippen LogP contribution in [0.3, 0.4) is 0 Å². The zero-order valence-corrected chi connectivity index (χ0v) is 13.8. The first-order valence-electron chi connectivity index (χ1n) is 7.28. The highest BCUT2D eigenvalue weighted by molar-refractivity contribution is 5.85. The van der Waals surface area contributed by atoms with E-state index in [1.54, 1.807) is 7.05 Å². The lowest BCUT2D eigenvalue weighted by molar-refractivity contribution is -0.135. The molecule has 0 aliphatic rings. The first-order chi connectivity index (χ1) is 9.68. The number of carbonyl (C=O) groups is 3. The summed E-state index contributed by atoms with van der Waals surface area (Å²) in [4.78, 5) is 35.1. The molecule has 0 saturated heterocycles. The van der Waals surface area contributed by atoms with E-state index in [2.05, 4.69) is 5.32 Å². The number of likely N-dealkylation sites (N-methyl/N-ethyl adjacent to an activating group) is 1. The molecule has 6 heteroatoms. The average Bonchev–Trinajstić information content (AvgIpc) is 2.33. The van der Waals surface area contributed by atoms with Gasteiger partial charge in [-0.1, -0.05) is 0 Å². The van der Waals surface area contributed by atoms with Gasteiger partial charge in [-0.2, -0.15) is 0 Å². The van der Waals surface area contributed by atoms with Gasteiger partial charge < -0.3 is 19.7 Å². The second-order valence-corrected chi connectivity index (χ2v) is 6.06. The van der Waals surface area contributed by atoms with Gasteiger partial charge in [-0.15, -0.1) is 0 Å². The van der Waals surface area contributed by atoms with Crippen molar-refractivity contribution in [3.63, 3.8) is 0 Å². The number of nitrogens with one attached hydrogen (secondary N) is 1. The lowest BCUT2D eigenvalue weighted by atomic mass is 10.0. The predicted octanol–water partition coefficient (Wildman–Crippen LogP) is 1.13. The maximum absolute atomic E-state index is 11.9. The fourth-order valence-electron chi connectivity index (χ4n) is 1.71. The van der Waals surface area contributed by atoms with Crippen molar-refractivity contribution in [2.45, 2.75) is 58.6 Å². The summed E-state index contributed by atoms with van der Waals surface area (Å²) < 4.78 is 5.47. The van der Waals surface area contributed by atoms with Crippen molar-refractivity contribution in [3.8, 4) is 0 Å². The molecule has 0 aromatic carbocycles. The molecule has 0 aromatic rings. The smallest absolute Gasteiger partial charge is 0.240 e. The van der Waals surface area contributed by atoms with E-state index in [0.717, 1.165) is 0 Å². The molecule has 0 fully saturated rings. The van der Waals surface area contributed by atoms with Gasteiger partial charge in [0.15, 0.2) is 0 Å².